The predicted molar refractivity (Wildman–Crippen MR) is 77.4 cm³/mol. The average Bonchev–Trinajstić information content (AvgIpc) is 2.39. The van der Waals surface area contributed by atoms with Crippen molar-refractivity contribution in [2.45, 2.75) is 25.7 Å². The molecule has 0 fully saturated rings. The summed E-state index contributed by atoms with van der Waals surface area (Å²) >= 11 is 3.08. The SMILES string of the molecule is O=C(O)CCCCC(=O)NC(=O)Nc1c(F)cccc1Br. The fourth-order valence-corrected chi connectivity index (χ4v) is 1.95. The number of rotatable bonds is 6. The largest absolute Gasteiger partial charge is 0.481 e. The third-order valence-electron chi connectivity index (χ3n) is 2.50. The molecule has 0 unspecified atom stereocenters. The second-order valence-corrected chi connectivity index (χ2v) is 5.05. The summed E-state index contributed by atoms with van der Waals surface area (Å²) in [6, 6.07) is 3.35. The van der Waals surface area contributed by atoms with Gasteiger partial charge in [-0.1, -0.05) is 6.07 Å². The average molecular weight is 361 g/mol. The van der Waals surface area contributed by atoms with Crippen molar-refractivity contribution in [3.8, 4) is 0 Å². The van der Waals surface area contributed by atoms with Gasteiger partial charge in [0.15, 0.2) is 0 Å². The van der Waals surface area contributed by atoms with Crippen LogP contribution in [-0.4, -0.2) is 23.0 Å². The number of imide groups is 1. The van der Waals surface area contributed by atoms with E-state index in [1.54, 1.807) is 6.07 Å². The number of hydrogen-bond acceptors (Lipinski definition) is 3. The molecule has 1 rings (SSSR count). The molecule has 0 spiro atoms. The van der Waals surface area contributed by atoms with E-state index in [0.29, 0.717) is 17.3 Å². The lowest BCUT2D eigenvalue weighted by molar-refractivity contribution is -0.137. The van der Waals surface area contributed by atoms with E-state index in [2.05, 4.69) is 21.2 Å². The highest BCUT2D eigenvalue weighted by Gasteiger charge is 2.12. The number of unbranched alkanes of at least 4 members (excludes halogenated alkanes) is 1. The maximum absolute atomic E-state index is 13.5. The van der Waals surface area contributed by atoms with E-state index < -0.39 is 23.7 Å². The molecule has 6 nitrogen and oxygen atoms in total. The lowest BCUT2D eigenvalue weighted by Gasteiger charge is -2.09. The maximum atomic E-state index is 13.5. The molecule has 1 aromatic carbocycles. The van der Waals surface area contributed by atoms with Gasteiger partial charge >= 0.3 is 12.0 Å². The van der Waals surface area contributed by atoms with Crippen LogP contribution in [0.3, 0.4) is 0 Å². The summed E-state index contributed by atoms with van der Waals surface area (Å²) in [7, 11) is 0. The van der Waals surface area contributed by atoms with Gasteiger partial charge in [-0.3, -0.25) is 14.9 Å². The molecule has 114 valence electrons. The fraction of sp³-hybridized carbons (Fsp3) is 0.308. The maximum Gasteiger partial charge on any atom is 0.325 e. The molecule has 0 aliphatic rings. The van der Waals surface area contributed by atoms with E-state index in [9.17, 15) is 18.8 Å². The zero-order chi connectivity index (χ0) is 15.8. The molecule has 0 aliphatic carbocycles. The van der Waals surface area contributed by atoms with Crippen molar-refractivity contribution in [2.24, 2.45) is 0 Å². The Morgan fingerprint density at radius 3 is 2.48 bits per heavy atom. The highest BCUT2D eigenvalue weighted by molar-refractivity contribution is 9.10. The van der Waals surface area contributed by atoms with Crippen molar-refractivity contribution in [3.05, 3.63) is 28.5 Å². The number of nitrogens with one attached hydrogen (secondary N) is 2. The molecule has 0 saturated carbocycles. The second kappa shape index (κ2) is 8.35. The molecule has 3 N–H and O–H groups in total. The Bertz CT molecular complexity index is 531. The van der Waals surface area contributed by atoms with Crippen molar-refractivity contribution >= 4 is 39.5 Å². The summed E-state index contributed by atoms with van der Waals surface area (Å²) in [5.41, 5.74) is -0.0614. The third kappa shape index (κ3) is 6.35. The molecule has 0 bridgehead atoms. The van der Waals surface area contributed by atoms with Crippen molar-refractivity contribution in [3.63, 3.8) is 0 Å². The molecule has 8 heteroatoms. The minimum absolute atomic E-state index is 0.0261. The lowest BCUT2D eigenvalue weighted by atomic mass is 10.2. The number of benzene rings is 1. The number of urea groups is 1. The van der Waals surface area contributed by atoms with Gasteiger partial charge in [-0.15, -0.1) is 0 Å². The van der Waals surface area contributed by atoms with Gasteiger partial charge in [0.25, 0.3) is 0 Å². The zero-order valence-electron chi connectivity index (χ0n) is 11.0. The predicted octanol–water partition coefficient (Wildman–Crippen LogP) is 2.88. The Hall–Kier alpha value is -1.96. The quantitative estimate of drug-likeness (QED) is 0.679. The summed E-state index contributed by atoms with van der Waals surface area (Å²) in [4.78, 5) is 33.3. The van der Waals surface area contributed by atoms with Gasteiger partial charge in [0, 0.05) is 17.3 Å². The number of carboxylic acids is 1. The van der Waals surface area contributed by atoms with Crippen LogP contribution in [0.1, 0.15) is 25.7 Å². The van der Waals surface area contributed by atoms with Crippen LogP contribution in [0.2, 0.25) is 0 Å². The number of aliphatic carboxylic acids is 1. The third-order valence-corrected chi connectivity index (χ3v) is 3.16. The van der Waals surface area contributed by atoms with Gasteiger partial charge in [0.05, 0.1) is 5.69 Å². The van der Waals surface area contributed by atoms with E-state index in [0.717, 1.165) is 0 Å². The number of carboxylic acid groups (broad SMARTS) is 1. The molecule has 0 aliphatic heterocycles. The minimum Gasteiger partial charge on any atom is -0.481 e. The van der Waals surface area contributed by atoms with Crippen LogP contribution in [0.5, 0.6) is 0 Å². The molecule has 0 atom stereocenters. The molecule has 21 heavy (non-hydrogen) atoms. The first-order valence-electron chi connectivity index (χ1n) is 6.17. The molecule has 0 heterocycles. The van der Waals surface area contributed by atoms with Gasteiger partial charge in [0.1, 0.15) is 5.82 Å². The number of hydrogen-bond donors (Lipinski definition) is 3. The van der Waals surface area contributed by atoms with Crippen LogP contribution < -0.4 is 10.6 Å². The number of halogens is 2. The van der Waals surface area contributed by atoms with Crippen LogP contribution in [0, 0.1) is 5.82 Å². The lowest BCUT2D eigenvalue weighted by Crippen LogP contribution is -2.34. The highest BCUT2D eigenvalue weighted by Crippen LogP contribution is 2.24. The Labute approximate surface area is 128 Å². The van der Waals surface area contributed by atoms with E-state index in [4.69, 9.17) is 5.11 Å². The molecular formula is C13H14BrFN2O4. The van der Waals surface area contributed by atoms with Gasteiger partial charge in [-0.2, -0.15) is 0 Å². The number of carbonyl (C=O) groups is 3. The van der Waals surface area contributed by atoms with Gasteiger partial charge in [-0.05, 0) is 40.9 Å². The van der Waals surface area contributed by atoms with Crippen molar-refractivity contribution in [2.75, 3.05) is 5.32 Å². The molecular weight excluding hydrogens is 347 g/mol. The van der Waals surface area contributed by atoms with Crippen molar-refractivity contribution < 1.29 is 23.9 Å². The van der Waals surface area contributed by atoms with Crippen LogP contribution >= 0.6 is 15.9 Å². The highest BCUT2D eigenvalue weighted by atomic mass is 79.9. The van der Waals surface area contributed by atoms with E-state index in [1.165, 1.54) is 12.1 Å². The van der Waals surface area contributed by atoms with Gasteiger partial charge in [-0.25, -0.2) is 9.18 Å². The van der Waals surface area contributed by atoms with Gasteiger partial charge < -0.3 is 10.4 Å². The normalized spacial score (nSPS) is 10.0. The first kappa shape index (κ1) is 17.1. The van der Waals surface area contributed by atoms with Crippen molar-refractivity contribution in [1.29, 1.82) is 0 Å². The Morgan fingerprint density at radius 2 is 1.86 bits per heavy atom. The van der Waals surface area contributed by atoms with Gasteiger partial charge in [0.2, 0.25) is 5.91 Å². The minimum atomic E-state index is -0.933. The molecule has 3 amide bonds. The summed E-state index contributed by atoms with van der Waals surface area (Å²) in [6.45, 7) is 0. The molecule has 0 saturated heterocycles. The smallest absolute Gasteiger partial charge is 0.325 e. The topological polar surface area (TPSA) is 95.5 Å². The van der Waals surface area contributed by atoms with Crippen molar-refractivity contribution in [1.82, 2.24) is 5.32 Å². The van der Waals surface area contributed by atoms with E-state index in [-0.39, 0.29) is 18.5 Å². The summed E-state index contributed by atoms with van der Waals surface area (Å²) in [5.74, 6) is -2.11. The van der Waals surface area contributed by atoms with E-state index in [1.807, 2.05) is 5.32 Å². The summed E-state index contributed by atoms with van der Waals surface area (Å²) < 4.78 is 13.8. The summed E-state index contributed by atoms with van der Waals surface area (Å²) in [6.07, 6.45) is 0.707. The Morgan fingerprint density at radius 1 is 1.19 bits per heavy atom. The van der Waals surface area contributed by atoms with Crippen LogP contribution in [0.25, 0.3) is 0 Å². The molecule has 0 radical (unpaired) electrons. The first-order chi connectivity index (χ1) is 9.90. The fourth-order valence-electron chi connectivity index (χ4n) is 1.51. The van der Waals surface area contributed by atoms with Crippen LogP contribution in [0.4, 0.5) is 14.9 Å². The Kier molecular flexibility index (Phi) is 6.80. The standard InChI is InChI=1S/C13H14BrFN2O4/c14-8-4-3-5-9(15)12(8)17-13(21)16-10(18)6-1-2-7-11(19)20/h3-5H,1-2,6-7H2,(H,19,20)(H2,16,17,18,21). The summed E-state index contributed by atoms with van der Waals surface area (Å²) in [5, 5.41) is 12.7. The first-order valence-corrected chi connectivity index (χ1v) is 6.96. The van der Waals surface area contributed by atoms with Crippen LogP contribution in [-0.2, 0) is 9.59 Å². The monoisotopic (exact) mass is 360 g/mol. The molecule has 0 aromatic heterocycles. The van der Waals surface area contributed by atoms with Crippen LogP contribution in [0.15, 0.2) is 22.7 Å². The number of para-hydroxylation sites is 1. The zero-order valence-corrected chi connectivity index (χ0v) is 12.6. The Balaban J connectivity index is 2.40. The second-order valence-electron chi connectivity index (χ2n) is 4.20. The van der Waals surface area contributed by atoms with E-state index >= 15 is 0 Å². The number of anilines is 1. The number of carbonyl (C=O) groups excluding carboxylic acids is 2. The molecule has 1 aromatic rings. The number of amides is 3.